The van der Waals surface area contributed by atoms with Crippen LogP contribution in [0.5, 0.6) is 0 Å². The quantitative estimate of drug-likeness (QED) is 0.655. The van der Waals surface area contributed by atoms with E-state index in [2.05, 4.69) is 47.0 Å². The van der Waals surface area contributed by atoms with E-state index in [9.17, 15) is 0 Å². The van der Waals surface area contributed by atoms with Crippen LogP contribution in [0.3, 0.4) is 0 Å². The third-order valence-corrected chi connectivity index (χ3v) is 3.47. The summed E-state index contributed by atoms with van der Waals surface area (Å²) < 4.78 is 0. The summed E-state index contributed by atoms with van der Waals surface area (Å²) in [6, 6.07) is 6.90. The van der Waals surface area contributed by atoms with Crippen molar-refractivity contribution in [2.75, 3.05) is 0 Å². The Hall–Kier alpha value is -2.10. The first kappa shape index (κ1) is 14.3. The molecule has 0 bridgehead atoms. The number of fused-ring (bicyclic) bond motifs is 1. The van der Waals surface area contributed by atoms with Crippen LogP contribution < -0.4 is 11.1 Å². The fraction of sp³-hybridized carbons (Fsp3) is 0.375. The summed E-state index contributed by atoms with van der Waals surface area (Å²) in [7, 11) is 0. The molecule has 0 saturated heterocycles. The van der Waals surface area contributed by atoms with Crippen LogP contribution in [0, 0.1) is 6.92 Å². The predicted molar refractivity (Wildman–Crippen MR) is 84.9 cm³/mol. The van der Waals surface area contributed by atoms with E-state index < -0.39 is 0 Å². The molecule has 1 aromatic carbocycles. The van der Waals surface area contributed by atoms with Crippen molar-refractivity contribution in [2.45, 2.75) is 39.2 Å². The summed E-state index contributed by atoms with van der Waals surface area (Å²) in [4.78, 5) is 8.07. The number of guanidine groups is 1. The van der Waals surface area contributed by atoms with E-state index in [4.69, 9.17) is 5.73 Å². The maximum atomic E-state index is 5.66. The van der Waals surface area contributed by atoms with Crippen LogP contribution in [0.2, 0.25) is 0 Å². The number of hydrogen-bond donors (Lipinski definition) is 2. The Balaban J connectivity index is 2.14. The monoisotopic (exact) mass is 270 g/mol. The minimum absolute atomic E-state index is 0.227. The van der Waals surface area contributed by atoms with E-state index in [-0.39, 0.29) is 12.0 Å². The molecular formula is C16H22N4. The minimum Gasteiger partial charge on any atom is -0.368 e. The molecule has 0 amide bonds. The minimum atomic E-state index is 0.227. The third-order valence-electron chi connectivity index (χ3n) is 3.47. The molecule has 3 N–H and O–H groups in total. The molecule has 0 saturated carbocycles. The van der Waals surface area contributed by atoms with Crippen molar-refractivity contribution in [1.82, 2.24) is 5.32 Å². The number of nitrogens with zero attached hydrogens (tertiary/aromatic N) is 2. The molecule has 0 aliphatic heterocycles. The topological polar surface area (TPSA) is 62.8 Å². The maximum absolute atomic E-state index is 5.66. The lowest BCUT2D eigenvalue weighted by molar-refractivity contribution is 0.497. The molecule has 1 aromatic rings. The van der Waals surface area contributed by atoms with E-state index in [0.29, 0.717) is 5.82 Å². The average molecular weight is 270 g/mol. The second-order valence-electron chi connectivity index (χ2n) is 5.10. The molecular weight excluding hydrogens is 248 g/mol. The number of aryl methyl sites for hydroxylation is 2. The lowest BCUT2D eigenvalue weighted by atomic mass is 9.86. The number of rotatable bonds is 3. The fourth-order valence-electron chi connectivity index (χ4n) is 2.60. The summed E-state index contributed by atoms with van der Waals surface area (Å²) in [6.45, 7) is 7.84. The summed E-state index contributed by atoms with van der Waals surface area (Å²) in [5, 5.41) is 3.36. The van der Waals surface area contributed by atoms with E-state index in [0.717, 1.165) is 12.8 Å². The van der Waals surface area contributed by atoms with Crippen LogP contribution in [-0.4, -0.2) is 12.2 Å². The van der Waals surface area contributed by atoms with Crippen molar-refractivity contribution < 1.29 is 0 Å². The molecule has 1 atom stereocenters. The van der Waals surface area contributed by atoms with Gasteiger partial charge in [-0.3, -0.25) is 0 Å². The Morgan fingerprint density at radius 3 is 3.05 bits per heavy atom. The normalized spacial score (nSPS) is 18.9. The number of benzene rings is 1. The molecule has 0 unspecified atom stereocenters. The van der Waals surface area contributed by atoms with Gasteiger partial charge in [0.25, 0.3) is 0 Å². The zero-order chi connectivity index (χ0) is 14.5. The molecule has 1 aliphatic carbocycles. The van der Waals surface area contributed by atoms with Gasteiger partial charge in [0.05, 0.1) is 6.04 Å². The summed E-state index contributed by atoms with van der Waals surface area (Å²) in [5.74, 6) is 0.790. The van der Waals surface area contributed by atoms with Crippen molar-refractivity contribution in [2.24, 2.45) is 15.7 Å². The van der Waals surface area contributed by atoms with Gasteiger partial charge in [-0.05, 0) is 44.2 Å². The lowest BCUT2D eigenvalue weighted by Gasteiger charge is -2.27. The molecule has 2 rings (SSSR count). The molecule has 106 valence electrons. The molecule has 0 fully saturated rings. The summed E-state index contributed by atoms with van der Waals surface area (Å²) in [6.07, 6.45) is 5.02. The first-order chi connectivity index (χ1) is 9.60. The number of hydrogen-bond acceptors (Lipinski definition) is 2. The molecule has 1 aliphatic rings. The first-order valence-corrected chi connectivity index (χ1v) is 6.98. The van der Waals surface area contributed by atoms with Crippen LogP contribution in [-0.2, 0) is 6.42 Å². The average Bonchev–Trinajstić information content (AvgIpc) is 2.39. The Labute approximate surface area is 120 Å². The van der Waals surface area contributed by atoms with Gasteiger partial charge in [0, 0.05) is 6.21 Å². The van der Waals surface area contributed by atoms with Gasteiger partial charge >= 0.3 is 0 Å². The first-order valence-electron chi connectivity index (χ1n) is 6.98. The Bertz CT molecular complexity index is 558. The Morgan fingerprint density at radius 1 is 1.50 bits per heavy atom. The van der Waals surface area contributed by atoms with Crippen LogP contribution in [0.1, 0.15) is 42.5 Å². The Morgan fingerprint density at radius 2 is 2.30 bits per heavy atom. The number of nitrogens with two attached hydrogens (primary N) is 1. The smallest absolute Gasteiger partial charge is 0.221 e. The van der Waals surface area contributed by atoms with Crippen molar-refractivity contribution in [3.05, 3.63) is 47.3 Å². The van der Waals surface area contributed by atoms with E-state index in [1.807, 2.05) is 0 Å². The van der Waals surface area contributed by atoms with Crippen molar-refractivity contribution >= 4 is 12.2 Å². The van der Waals surface area contributed by atoms with Crippen molar-refractivity contribution in [3.8, 4) is 0 Å². The van der Waals surface area contributed by atoms with Crippen molar-refractivity contribution in [3.63, 3.8) is 0 Å². The second kappa shape index (κ2) is 6.37. The van der Waals surface area contributed by atoms with Gasteiger partial charge in [-0.25, -0.2) is 4.99 Å². The van der Waals surface area contributed by atoms with Crippen LogP contribution in [0.4, 0.5) is 0 Å². The maximum Gasteiger partial charge on any atom is 0.221 e. The van der Waals surface area contributed by atoms with Gasteiger partial charge in [-0.1, -0.05) is 30.3 Å². The van der Waals surface area contributed by atoms with E-state index in [1.54, 1.807) is 13.1 Å². The predicted octanol–water partition coefficient (Wildman–Crippen LogP) is 2.84. The van der Waals surface area contributed by atoms with Gasteiger partial charge in [0.1, 0.15) is 5.82 Å². The largest absolute Gasteiger partial charge is 0.368 e. The van der Waals surface area contributed by atoms with Crippen LogP contribution in [0.25, 0.3) is 0 Å². The molecule has 0 spiro atoms. The Kier molecular flexibility index (Phi) is 4.56. The van der Waals surface area contributed by atoms with Crippen molar-refractivity contribution in [1.29, 1.82) is 0 Å². The molecule has 4 heteroatoms. The summed E-state index contributed by atoms with van der Waals surface area (Å²) in [5.41, 5.74) is 9.70. The zero-order valence-electron chi connectivity index (χ0n) is 12.2. The number of nitrogens with one attached hydrogen (secondary N) is 1. The molecule has 0 radical (unpaired) electrons. The van der Waals surface area contributed by atoms with Gasteiger partial charge in [0.2, 0.25) is 5.96 Å². The SMILES string of the molecule is C=C(N=C(N)N=CC)N[C@@H]1CCCc2ccc(C)cc21. The highest BCUT2D eigenvalue weighted by Crippen LogP contribution is 2.31. The van der Waals surface area contributed by atoms with Gasteiger partial charge in [-0.2, -0.15) is 4.99 Å². The number of aliphatic imine (C=N–C) groups is 2. The molecule has 20 heavy (non-hydrogen) atoms. The van der Waals surface area contributed by atoms with Crippen LogP contribution in [0.15, 0.2) is 40.6 Å². The second-order valence-corrected chi connectivity index (χ2v) is 5.10. The molecule has 0 aromatic heterocycles. The van der Waals surface area contributed by atoms with E-state index in [1.165, 1.54) is 23.1 Å². The lowest BCUT2D eigenvalue weighted by Crippen LogP contribution is -2.25. The molecule has 0 heterocycles. The van der Waals surface area contributed by atoms with Crippen LogP contribution >= 0.6 is 0 Å². The van der Waals surface area contributed by atoms with Gasteiger partial charge < -0.3 is 11.1 Å². The summed E-state index contributed by atoms with van der Waals surface area (Å²) >= 11 is 0. The molecule has 4 nitrogen and oxygen atoms in total. The van der Waals surface area contributed by atoms with Gasteiger partial charge in [0.15, 0.2) is 0 Å². The highest BCUT2D eigenvalue weighted by atomic mass is 15.1. The standard InChI is InChI=1S/C16H22N4/c1-4-18-16(17)20-12(3)19-15-7-5-6-13-9-8-11(2)10-14(13)15/h4,8-10,15,19H,3,5-7H2,1-2H3,(H2,17,20)/t15-/m1/s1. The highest BCUT2D eigenvalue weighted by Gasteiger charge is 2.20. The zero-order valence-corrected chi connectivity index (χ0v) is 12.2. The highest BCUT2D eigenvalue weighted by molar-refractivity contribution is 5.86. The van der Waals surface area contributed by atoms with E-state index >= 15 is 0 Å². The third kappa shape index (κ3) is 3.47. The van der Waals surface area contributed by atoms with Gasteiger partial charge in [-0.15, -0.1) is 0 Å². The fourth-order valence-corrected chi connectivity index (χ4v) is 2.60.